The first-order valence-corrected chi connectivity index (χ1v) is 9.05. The molecule has 0 aliphatic heterocycles. The zero-order chi connectivity index (χ0) is 20.8. The van der Waals surface area contributed by atoms with Crippen molar-refractivity contribution in [3.05, 3.63) is 82.7 Å². The third-order valence-electron chi connectivity index (χ3n) is 4.33. The Balaban J connectivity index is 1.65. The van der Waals surface area contributed by atoms with Crippen LogP contribution in [0.2, 0.25) is 0 Å². The second-order valence-electron chi connectivity index (χ2n) is 6.52. The molecule has 0 spiro atoms. The minimum Gasteiger partial charge on any atom is -0.497 e. The average Bonchev–Trinajstić information content (AvgIpc) is 3.09. The smallest absolute Gasteiger partial charge is 0.349 e. The summed E-state index contributed by atoms with van der Waals surface area (Å²) in [6, 6.07) is 18.5. The molecule has 29 heavy (non-hydrogen) atoms. The number of nitriles is 1. The number of ether oxygens (including phenoxy) is 2. The van der Waals surface area contributed by atoms with E-state index >= 15 is 0 Å². The topological polar surface area (TPSA) is 77.1 Å². The van der Waals surface area contributed by atoms with Gasteiger partial charge in [0.1, 0.15) is 24.0 Å². The predicted octanol–water partition coefficient (Wildman–Crippen LogP) is 4.15. The number of hydrogen-bond acceptors (Lipinski definition) is 5. The van der Waals surface area contributed by atoms with Crippen molar-refractivity contribution in [2.24, 2.45) is 0 Å². The zero-order valence-electron chi connectivity index (χ0n) is 16.5. The van der Waals surface area contributed by atoms with Gasteiger partial charge in [-0.1, -0.05) is 24.3 Å². The van der Waals surface area contributed by atoms with Crippen molar-refractivity contribution in [3.63, 3.8) is 0 Å². The van der Waals surface area contributed by atoms with Gasteiger partial charge < -0.3 is 9.47 Å². The van der Waals surface area contributed by atoms with E-state index in [0.29, 0.717) is 11.3 Å². The largest absolute Gasteiger partial charge is 0.497 e. The van der Waals surface area contributed by atoms with Crippen molar-refractivity contribution in [1.82, 2.24) is 9.78 Å². The lowest BCUT2D eigenvalue weighted by Gasteiger charge is -2.07. The second kappa shape index (κ2) is 8.89. The summed E-state index contributed by atoms with van der Waals surface area (Å²) in [5, 5.41) is 13.7. The zero-order valence-corrected chi connectivity index (χ0v) is 16.5. The molecule has 3 rings (SSSR count). The van der Waals surface area contributed by atoms with Gasteiger partial charge in [-0.3, -0.25) is 0 Å². The first-order valence-electron chi connectivity index (χ1n) is 9.05. The second-order valence-corrected chi connectivity index (χ2v) is 6.52. The number of nitrogens with zero attached hydrogens (tertiary/aromatic N) is 3. The average molecular weight is 387 g/mol. The van der Waals surface area contributed by atoms with Crippen LogP contribution < -0.4 is 4.74 Å². The van der Waals surface area contributed by atoms with Gasteiger partial charge in [-0.15, -0.1) is 0 Å². The molecule has 0 aliphatic carbocycles. The fraction of sp³-hybridized carbons (Fsp3) is 0.174. The summed E-state index contributed by atoms with van der Waals surface area (Å²) in [7, 11) is 1.58. The number of aromatic nitrogens is 2. The SMILES string of the molecule is COc1ccc(/C=C(\C#N)C(=O)OCc2ccc(-n3nc(C)cc3C)cc2)cc1. The van der Waals surface area contributed by atoms with E-state index in [9.17, 15) is 10.1 Å². The van der Waals surface area contributed by atoms with Crippen molar-refractivity contribution >= 4 is 12.0 Å². The van der Waals surface area contributed by atoms with Crippen LogP contribution in [-0.2, 0) is 16.1 Å². The Morgan fingerprint density at radius 2 is 1.83 bits per heavy atom. The number of benzene rings is 2. The van der Waals surface area contributed by atoms with Gasteiger partial charge in [0, 0.05) is 5.69 Å². The highest BCUT2D eigenvalue weighted by Gasteiger charge is 2.11. The van der Waals surface area contributed by atoms with Crippen molar-refractivity contribution < 1.29 is 14.3 Å². The summed E-state index contributed by atoms with van der Waals surface area (Å²) in [4.78, 5) is 12.3. The van der Waals surface area contributed by atoms with Gasteiger partial charge >= 0.3 is 5.97 Å². The van der Waals surface area contributed by atoms with Gasteiger partial charge in [0.05, 0.1) is 18.5 Å². The van der Waals surface area contributed by atoms with Gasteiger partial charge in [-0.25, -0.2) is 9.48 Å². The van der Waals surface area contributed by atoms with E-state index in [4.69, 9.17) is 9.47 Å². The van der Waals surface area contributed by atoms with E-state index in [2.05, 4.69) is 5.10 Å². The molecule has 0 aliphatic rings. The molecule has 0 N–H and O–H groups in total. The molecule has 0 fully saturated rings. The normalized spacial score (nSPS) is 11.0. The lowest BCUT2D eigenvalue weighted by atomic mass is 10.1. The van der Waals surface area contributed by atoms with Crippen LogP contribution in [0, 0.1) is 25.2 Å². The summed E-state index contributed by atoms with van der Waals surface area (Å²) < 4.78 is 12.2. The molecule has 1 aromatic heterocycles. The van der Waals surface area contributed by atoms with Crippen LogP contribution in [0.25, 0.3) is 11.8 Å². The van der Waals surface area contributed by atoms with Crippen LogP contribution >= 0.6 is 0 Å². The molecule has 0 radical (unpaired) electrons. The molecule has 0 bridgehead atoms. The Bertz CT molecular complexity index is 1070. The summed E-state index contributed by atoms with van der Waals surface area (Å²) in [5.74, 6) is 0.0399. The Kier molecular flexibility index (Phi) is 6.10. The van der Waals surface area contributed by atoms with Crippen LogP contribution in [0.5, 0.6) is 5.75 Å². The lowest BCUT2D eigenvalue weighted by Crippen LogP contribution is -2.07. The minimum atomic E-state index is -0.661. The van der Waals surface area contributed by atoms with Crippen LogP contribution in [0.1, 0.15) is 22.5 Å². The maximum absolute atomic E-state index is 12.3. The van der Waals surface area contributed by atoms with Crippen LogP contribution in [0.4, 0.5) is 0 Å². The summed E-state index contributed by atoms with van der Waals surface area (Å²) in [5.41, 5.74) is 4.41. The van der Waals surface area contributed by atoms with E-state index in [1.165, 1.54) is 6.08 Å². The molecule has 146 valence electrons. The molecule has 6 nitrogen and oxygen atoms in total. The van der Waals surface area contributed by atoms with Crippen molar-refractivity contribution in [2.75, 3.05) is 7.11 Å². The van der Waals surface area contributed by atoms with Gasteiger partial charge in [0.15, 0.2) is 0 Å². The number of esters is 1. The van der Waals surface area contributed by atoms with E-state index in [1.54, 1.807) is 31.4 Å². The highest BCUT2D eigenvalue weighted by atomic mass is 16.5. The first-order chi connectivity index (χ1) is 14.0. The molecule has 0 amide bonds. The molecule has 0 atom stereocenters. The molecule has 0 saturated carbocycles. The highest BCUT2D eigenvalue weighted by molar-refractivity contribution is 5.97. The number of rotatable bonds is 6. The van der Waals surface area contributed by atoms with Gasteiger partial charge in [0.2, 0.25) is 0 Å². The standard InChI is InChI=1S/C23H21N3O3/c1-16-12-17(2)26(25-16)21-8-4-19(5-9-21)15-29-23(27)20(14-24)13-18-6-10-22(28-3)11-7-18/h4-13H,15H2,1-3H3/b20-13+. The summed E-state index contributed by atoms with van der Waals surface area (Å²) in [6.45, 7) is 4.02. The van der Waals surface area contributed by atoms with Gasteiger partial charge in [-0.05, 0) is 61.4 Å². The number of methoxy groups -OCH3 is 1. The van der Waals surface area contributed by atoms with Crippen molar-refractivity contribution in [1.29, 1.82) is 5.26 Å². The van der Waals surface area contributed by atoms with E-state index < -0.39 is 5.97 Å². The maximum Gasteiger partial charge on any atom is 0.349 e. The Morgan fingerprint density at radius 3 is 2.38 bits per heavy atom. The van der Waals surface area contributed by atoms with Gasteiger partial charge in [-0.2, -0.15) is 10.4 Å². The van der Waals surface area contributed by atoms with Gasteiger partial charge in [0.25, 0.3) is 0 Å². The number of aryl methyl sites for hydroxylation is 2. The molecule has 0 saturated heterocycles. The third-order valence-corrected chi connectivity index (χ3v) is 4.33. The maximum atomic E-state index is 12.3. The Hall–Kier alpha value is -3.85. The fourth-order valence-corrected chi connectivity index (χ4v) is 2.85. The fourth-order valence-electron chi connectivity index (χ4n) is 2.85. The minimum absolute atomic E-state index is 0.0607. The van der Waals surface area contributed by atoms with Crippen LogP contribution in [0.3, 0.4) is 0 Å². The molecule has 1 heterocycles. The van der Waals surface area contributed by atoms with Crippen molar-refractivity contribution in [2.45, 2.75) is 20.5 Å². The molecular weight excluding hydrogens is 366 g/mol. The van der Waals surface area contributed by atoms with Crippen molar-refractivity contribution in [3.8, 4) is 17.5 Å². The summed E-state index contributed by atoms with van der Waals surface area (Å²) in [6.07, 6.45) is 1.49. The quantitative estimate of drug-likeness (QED) is 0.361. The Labute approximate surface area is 169 Å². The Morgan fingerprint density at radius 1 is 1.14 bits per heavy atom. The molecule has 2 aromatic carbocycles. The van der Waals surface area contributed by atoms with Crippen LogP contribution in [-0.4, -0.2) is 22.9 Å². The number of hydrogen-bond donors (Lipinski definition) is 0. The third kappa shape index (κ3) is 4.90. The van der Waals surface area contributed by atoms with E-state index in [1.807, 2.05) is 54.9 Å². The molecule has 3 aromatic rings. The van der Waals surface area contributed by atoms with E-state index in [-0.39, 0.29) is 12.2 Å². The highest BCUT2D eigenvalue weighted by Crippen LogP contribution is 2.16. The monoisotopic (exact) mass is 387 g/mol. The molecule has 6 heteroatoms. The number of carbonyl (C=O) groups excluding carboxylic acids is 1. The summed E-state index contributed by atoms with van der Waals surface area (Å²) >= 11 is 0. The van der Waals surface area contributed by atoms with Crippen LogP contribution in [0.15, 0.2) is 60.2 Å². The lowest BCUT2D eigenvalue weighted by molar-refractivity contribution is -0.139. The first kappa shape index (κ1) is 19.9. The molecule has 0 unspecified atom stereocenters. The molecular formula is C23H21N3O3. The number of carbonyl (C=O) groups is 1. The predicted molar refractivity (Wildman–Crippen MR) is 109 cm³/mol. The van der Waals surface area contributed by atoms with E-state index in [0.717, 1.165) is 22.6 Å².